The average Bonchev–Trinajstić information content (AvgIpc) is 2.48. The second-order valence-electron chi connectivity index (χ2n) is 6.04. The summed E-state index contributed by atoms with van der Waals surface area (Å²) in [7, 11) is -3.66. The number of fused-ring (bicyclic) bond motifs is 3. The number of hydrogen-bond donors (Lipinski definition) is 0. The van der Waals surface area contributed by atoms with Crippen molar-refractivity contribution in [3.8, 4) is 0 Å². The summed E-state index contributed by atoms with van der Waals surface area (Å²) >= 11 is 0. The average molecular weight is 296 g/mol. The van der Waals surface area contributed by atoms with Crippen LogP contribution in [0, 0.1) is 12.3 Å². The second-order valence-corrected chi connectivity index (χ2v) is 7.66. The first-order valence-electron chi connectivity index (χ1n) is 7.07. The number of ether oxygens (including phenoxy) is 1. The van der Waals surface area contributed by atoms with Gasteiger partial charge in [0, 0.05) is 5.41 Å². The molecule has 0 unspecified atom stereocenters. The molecule has 4 nitrogen and oxygen atoms in total. The zero-order valence-corrected chi connectivity index (χ0v) is 12.5. The van der Waals surface area contributed by atoms with Gasteiger partial charge in [0.2, 0.25) is 0 Å². The number of aryl methyl sites for hydroxylation is 1. The van der Waals surface area contributed by atoms with Gasteiger partial charge in [-0.25, -0.2) is 0 Å². The van der Waals surface area contributed by atoms with Crippen LogP contribution in [0.1, 0.15) is 31.2 Å². The van der Waals surface area contributed by atoms with Crippen LogP contribution in [0.4, 0.5) is 0 Å². The Balaban J connectivity index is 1.69. The highest BCUT2D eigenvalue weighted by Crippen LogP contribution is 2.43. The molecule has 4 rings (SSSR count). The van der Waals surface area contributed by atoms with Crippen molar-refractivity contribution in [1.82, 2.24) is 0 Å². The van der Waals surface area contributed by atoms with Crippen LogP contribution in [0.3, 0.4) is 0 Å². The van der Waals surface area contributed by atoms with Gasteiger partial charge in [0.15, 0.2) is 0 Å². The van der Waals surface area contributed by atoms with Gasteiger partial charge in [-0.05, 0) is 44.7 Å². The lowest BCUT2D eigenvalue weighted by Crippen LogP contribution is -2.45. The Hall–Kier alpha value is -0.910. The zero-order chi connectivity index (χ0) is 14.2. The first kappa shape index (κ1) is 14.0. The van der Waals surface area contributed by atoms with E-state index < -0.39 is 10.1 Å². The summed E-state index contributed by atoms with van der Waals surface area (Å²) in [6, 6.07) is 6.75. The van der Waals surface area contributed by atoms with E-state index in [0.29, 0.717) is 12.7 Å². The number of hydrogen-bond acceptors (Lipinski definition) is 4. The summed E-state index contributed by atoms with van der Waals surface area (Å²) in [6.07, 6.45) is 4.43. The van der Waals surface area contributed by atoms with Crippen molar-refractivity contribution in [2.75, 3.05) is 13.2 Å². The number of rotatable bonds is 4. The molecule has 1 aromatic rings. The summed E-state index contributed by atoms with van der Waals surface area (Å²) in [4.78, 5) is 0.227. The lowest BCUT2D eigenvalue weighted by Gasteiger charge is -2.45. The third kappa shape index (κ3) is 2.75. The lowest BCUT2D eigenvalue weighted by molar-refractivity contribution is -0.127. The molecule has 0 atom stereocenters. The molecule has 1 aliphatic carbocycles. The van der Waals surface area contributed by atoms with E-state index >= 15 is 0 Å². The quantitative estimate of drug-likeness (QED) is 0.802. The summed E-state index contributed by atoms with van der Waals surface area (Å²) in [5.41, 5.74) is 0.925. The summed E-state index contributed by atoms with van der Waals surface area (Å²) < 4.78 is 35.4. The third-order valence-corrected chi connectivity index (χ3v) is 5.73. The van der Waals surface area contributed by atoms with Gasteiger partial charge in [-0.15, -0.1) is 0 Å². The van der Waals surface area contributed by atoms with E-state index in [9.17, 15) is 8.42 Å². The first-order valence-corrected chi connectivity index (χ1v) is 8.48. The summed E-state index contributed by atoms with van der Waals surface area (Å²) in [6.45, 7) is 2.78. The standard InChI is InChI=1S/C15H20O4S/c1-12-2-4-14(5-3-12)20(16,17)19-11-15-8-6-13(7-9-15)18-10-15/h2-5,13H,6-11H2,1H3. The third-order valence-electron chi connectivity index (χ3n) is 4.45. The Morgan fingerprint density at radius 1 is 1.25 bits per heavy atom. The van der Waals surface area contributed by atoms with Crippen molar-refractivity contribution < 1.29 is 17.3 Å². The molecule has 1 aromatic carbocycles. The van der Waals surface area contributed by atoms with Crippen molar-refractivity contribution in [2.24, 2.45) is 5.41 Å². The molecule has 0 N–H and O–H groups in total. The van der Waals surface area contributed by atoms with Gasteiger partial charge in [0.25, 0.3) is 10.1 Å². The van der Waals surface area contributed by atoms with Crippen molar-refractivity contribution >= 4 is 10.1 Å². The summed E-state index contributed by atoms with van der Waals surface area (Å²) in [5.74, 6) is 0. The van der Waals surface area contributed by atoms with E-state index in [1.54, 1.807) is 24.3 Å². The molecule has 0 aromatic heterocycles. The van der Waals surface area contributed by atoms with Crippen LogP contribution in [0.5, 0.6) is 0 Å². The molecule has 0 radical (unpaired) electrons. The maximum absolute atomic E-state index is 12.2. The van der Waals surface area contributed by atoms with E-state index in [-0.39, 0.29) is 16.9 Å². The molecule has 0 amide bonds. The molecule has 2 saturated heterocycles. The smallest absolute Gasteiger partial charge is 0.296 e. The SMILES string of the molecule is Cc1ccc(S(=O)(=O)OCC23CCC(CC2)OC3)cc1. The van der Waals surface area contributed by atoms with Crippen LogP contribution in [0.25, 0.3) is 0 Å². The fraction of sp³-hybridized carbons (Fsp3) is 0.600. The lowest BCUT2D eigenvalue weighted by atomic mass is 9.72. The van der Waals surface area contributed by atoms with Crippen LogP contribution in [-0.2, 0) is 19.0 Å². The van der Waals surface area contributed by atoms with Crippen molar-refractivity contribution in [3.05, 3.63) is 29.8 Å². The maximum atomic E-state index is 12.2. The van der Waals surface area contributed by atoms with Crippen molar-refractivity contribution in [2.45, 2.75) is 43.6 Å². The Morgan fingerprint density at radius 3 is 2.45 bits per heavy atom. The van der Waals surface area contributed by atoms with Crippen LogP contribution in [0.2, 0.25) is 0 Å². The highest BCUT2D eigenvalue weighted by molar-refractivity contribution is 7.86. The van der Waals surface area contributed by atoms with Crippen molar-refractivity contribution in [1.29, 1.82) is 0 Å². The molecule has 20 heavy (non-hydrogen) atoms. The fourth-order valence-corrected chi connectivity index (χ4v) is 3.98. The number of benzene rings is 1. The maximum Gasteiger partial charge on any atom is 0.296 e. The zero-order valence-electron chi connectivity index (χ0n) is 11.7. The minimum atomic E-state index is -3.66. The van der Waals surface area contributed by atoms with Crippen LogP contribution < -0.4 is 0 Å². The van der Waals surface area contributed by atoms with Gasteiger partial charge in [0.05, 0.1) is 24.2 Å². The van der Waals surface area contributed by atoms with Gasteiger partial charge in [-0.3, -0.25) is 4.18 Å². The van der Waals surface area contributed by atoms with E-state index in [0.717, 1.165) is 31.2 Å². The molecule has 110 valence electrons. The van der Waals surface area contributed by atoms with Gasteiger partial charge in [-0.1, -0.05) is 17.7 Å². The summed E-state index contributed by atoms with van der Waals surface area (Å²) in [5, 5.41) is 0. The van der Waals surface area contributed by atoms with Gasteiger partial charge < -0.3 is 4.74 Å². The topological polar surface area (TPSA) is 52.6 Å². The van der Waals surface area contributed by atoms with Gasteiger partial charge in [-0.2, -0.15) is 8.42 Å². The fourth-order valence-electron chi connectivity index (χ4n) is 2.97. The second kappa shape index (κ2) is 5.13. The van der Waals surface area contributed by atoms with Crippen LogP contribution in [0.15, 0.2) is 29.2 Å². The van der Waals surface area contributed by atoms with Crippen LogP contribution >= 0.6 is 0 Å². The van der Waals surface area contributed by atoms with Crippen LogP contribution in [-0.4, -0.2) is 27.7 Å². The molecule has 5 heteroatoms. The Labute approximate surface area is 120 Å². The predicted molar refractivity (Wildman–Crippen MR) is 75.0 cm³/mol. The Morgan fingerprint density at radius 2 is 1.90 bits per heavy atom. The Kier molecular flexibility index (Phi) is 3.60. The predicted octanol–water partition coefficient (Wildman–Crippen LogP) is 2.66. The minimum Gasteiger partial charge on any atom is -0.378 e. The van der Waals surface area contributed by atoms with Gasteiger partial charge in [0.1, 0.15) is 0 Å². The molecule has 1 saturated carbocycles. The molecule has 2 aliphatic heterocycles. The molecule has 3 fully saturated rings. The normalized spacial score (nSPS) is 29.6. The first-order chi connectivity index (χ1) is 9.49. The molecular formula is C15H20O4S. The monoisotopic (exact) mass is 296 g/mol. The van der Waals surface area contributed by atoms with E-state index in [2.05, 4.69) is 0 Å². The molecule has 0 spiro atoms. The van der Waals surface area contributed by atoms with Gasteiger partial charge >= 0.3 is 0 Å². The molecular weight excluding hydrogens is 276 g/mol. The highest BCUT2D eigenvalue weighted by atomic mass is 32.2. The van der Waals surface area contributed by atoms with E-state index in [1.807, 2.05) is 6.92 Å². The van der Waals surface area contributed by atoms with E-state index in [1.165, 1.54) is 0 Å². The highest BCUT2D eigenvalue weighted by Gasteiger charge is 2.42. The molecule has 2 heterocycles. The molecule has 3 aliphatic rings. The van der Waals surface area contributed by atoms with E-state index in [4.69, 9.17) is 8.92 Å². The molecule has 2 bridgehead atoms. The Bertz CT molecular complexity index is 555. The largest absolute Gasteiger partial charge is 0.378 e. The minimum absolute atomic E-state index is 0.105. The van der Waals surface area contributed by atoms with Crippen molar-refractivity contribution in [3.63, 3.8) is 0 Å².